The molecule has 0 fully saturated rings. The molecule has 0 unspecified atom stereocenters. The molecule has 2 aromatic rings. The topological polar surface area (TPSA) is 62.3 Å². The number of aromatic nitrogens is 1. The molecule has 0 aliphatic carbocycles. The van der Waals surface area contributed by atoms with Gasteiger partial charge < -0.3 is 10.2 Å². The molecule has 0 aliphatic rings. The third kappa shape index (κ3) is 3.19. The molecule has 1 amide bonds. The van der Waals surface area contributed by atoms with Gasteiger partial charge in [0.15, 0.2) is 0 Å². The highest BCUT2D eigenvalue weighted by Crippen LogP contribution is 2.18. The van der Waals surface area contributed by atoms with Crippen LogP contribution >= 0.6 is 0 Å². The second kappa shape index (κ2) is 6.25. The lowest BCUT2D eigenvalue weighted by Gasteiger charge is -2.11. The number of hydrogen-bond donors (Lipinski definition) is 1. The van der Waals surface area contributed by atoms with E-state index in [-0.39, 0.29) is 5.91 Å². The average molecular weight is 271 g/mol. The molecule has 1 heterocycles. The number of carbonyl (C=O) groups excluding carboxylic acids is 2. The number of nitrogens with one attached hydrogen (secondary N) is 1. The molecule has 0 radical (unpaired) electrons. The van der Waals surface area contributed by atoms with Crippen LogP contribution in [0, 0.1) is 0 Å². The zero-order valence-corrected chi connectivity index (χ0v) is 11.6. The van der Waals surface area contributed by atoms with Crippen molar-refractivity contribution in [2.45, 2.75) is 0 Å². The number of nitrogens with zero attached hydrogens (tertiary/aromatic N) is 2. The van der Waals surface area contributed by atoms with Gasteiger partial charge in [-0.2, -0.15) is 0 Å². The highest BCUT2D eigenvalue weighted by Gasteiger charge is 2.12. The number of pyridine rings is 1. The van der Waals surface area contributed by atoms with Crippen LogP contribution < -0.4 is 5.32 Å². The first-order valence-electron chi connectivity index (χ1n) is 6.38. The van der Waals surface area contributed by atoms with Crippen molar-refractivity contribution in [2.24, 2.45) is 0 Å². The monoisotopic (exact) mass is 271 g/mol. The molecule has 0 bridgehead atoms. The molecule has 0 saturated heterocycles. The summed E-state index contributed by atoms with van der Waals surface area (Å²) >= 11 is 0. The summed E-state index contributed by atoms with van der Waals surface area (Å²) in [5.41, 5.74) is 1.52. The van der Waals surface area contributed by atoms with Gasteiger partial charge in [-0.3, -0.25) is 14.6 Å². The van der Waals surface area contributed by atoms with E-state index in [0.29, 0.717) is 23.2 Å². The van der Waals surface area contributed by atoms with Gasteiger partial charge in [0.25, 0.3) is 5.91 Å². The van der Waals surface area contributed by atoms with E-state index >= 15 is 0 Å². The molecular weight excluding hydrogens is 254 g/mol. The predicted molar refractivity (Wildman–Crippen MR) is 78.0 cm³/mol. The van der Waals surface area contributed by atoms with Gasteiger partial charge in [0.2, 0.25) is 0 Å². The highest BCUT2D eigenvalue weighted by atomic mass is 16.1. The van der Waals surface area contributed by atoms with Gasteiger partial charge in [-0.05, 0) is 32.3 Å². The summed E-state index contributed by atoms with van der Waals surface area (Å²) in [6, 6.07) is 6.93. The highest BCUT2D eigenvalue weighted by molar-refractivity contribution is 6.07. The third-order valence-electron chi connectivity index (χ3n) is 2.95. The van der Waals surface area contributed by atoms with Gasteiger partial charge >= 0.3 is 0 Å². The van der Waals surface area contributed by atoms with Crippen molar-refractivity contribution in [2.75, 3.05) is 27.2 Å². The fourth-order valence-corrected chi connectivity index (χ4v) is 1.94. The average Bonchev–Trinajstić information content (AvgIpc) is 2.45. The van der Waals surface area contributed by atoms with E-state index in [4.69, 9.17) is 0 Å². The Labute approximate surface area is 117 Å². The fourth-order valence-electron chi connectivity index (χ4n) is 1.94. The Hall–Kier alpha value is -2.27. The molecule has 0 atom stereocenters. The molecule has 1 aromatic carbocycles. The predicted octanol–water partition coefficient (Wildman–Crippen LogP) is 1.34. The van der Waals surface area contributed by atoms with Gasteiger partial charge in [-0.15, -0.1) is 0 Å². The molecule has 104 valence electrons. The summed E-state index contributed by atoms with van der Waals surface area (Å²) < 4.78 is 0. The van der Waals surface area contributed by atoms with E-state index in [1.807, 2.05) is 25.1 Å². The van der Waals surface area contributed by atoms with Crippen LogP contribution in [0.15, 0.2) is 30.5 Å². The summed E-state index contributed by atoms with van der Waals surface area (Å²) in [5.74, 6) is -0.209. The minimum Gasteiger partial charge on any atom is -0.351 e. The Bertz CT molecular complexity index is 638. The first-order valence-corrected chi connectivity index (χ1v) is 6.38. The SMILES string of the molecule is CN(C)CCNC(=O)c1cc(C=O)cc2cccnc12. The quantitative estimate of drug-likeness (QED) is 0.834. The maximum Gasteiger partial charge on any atom is 0.253 e. The van der Waals surface area contributed by atoms with Crippen LogP contribution in [-0.4, -0.2) is 49.3 Å². The van der Waals surface area contributed by atoms with Crippen LogP contribution in [0.3, 0.4) is 0 Å². The molecule has 5 heteroatoms. The first-order chi connectivity index (χ1) is 9.61. The molecule has 5 nitrogen and oxygen atoms in total. The molecule has 0 aliphatic heterocycles. The van der Waals surface area contributed by atoms with Crippen LogP contribution in [0.4, 0.5) is 0 Å². The Morgan fingerprint density at radius 1 is 1.40 bits per heavy atom. The Kier molecular flexibility index (Phi) is 4.42. The lowest BCUT2D eigenvalue weighted by molar-refractivity contribution is 0.0952. The van der Waals surface area contributed by atoms with Crippen molar-refractivity contribution < 1.29 is 9.59 Å². The van der Waals surface area contributed by atoms with Gasteiger partial charge in [-0.1, -0.05) is 6.07 Å². The molecule has 2 rings (SSSR count). The van der Waals surface area contributed by atoms with E-state index in [1.165, 1.54) is 0 Å². The maximum absolute atomic E-state index is 12.2. The van der Waals surface area contributed by atoms with Gasteiger partial charge in [-0.25, -0.2) is 0 Å². The fraction of sp³-hybridized carbons (Fsp3) is 0.267. The van der Waals surface area contributed by atoms with Gasteiger partial charge in [0, 0.05) is 30.2 Å². The second-order valence-electron chi connectivity index (χ2n) is 4.82. The van der Waals surface area contributed by atoms with Crippen molar-refractivity contribution in [3.8, 4) is 0 Å². The van der Waals surface area contributed by atoms with E-state index in [1.54, 1.807) is 24.4 Å². The smallest absolute Gasteiger partial charge is 0.253 e. The summed E-state index contributed by atoms with van der Waals surface area (Å²) in [5, 5.41) is 3.62. The lowest BCUT2D eigenvalue weighted by Crippen LogP contribution is -2.31. The van der Waals surface area contributed by atoms with Crippen LogP contribution in [0.5, 0.6) is 0 Å². The van der Waals surface area contributed by atoms with E-state index in [0.717, 1.165) is 18.2 Å². The molecule has 1 N–H and O–H groups in total. The zero-order valence-electron chi connectivity index (χ0n) is 11.6. The molecule has 1 aromatic heterocycles. The second-order valence-corrected chi connectivity index (χ2v) is 4.82. The van der Waals surface area contributed by atoms with Crippen molar-refractivity contribution in [1.82, 2.24) is 15.2 Å². The summed E-state index contributed by atoms with van der Waals surface area (Å²) in [6.45, 7) is 1.30. The first kappa shape index (κ1) is 14.1. The van der Waals surface area contributed by atoms with Crippen LogP contribution in [0.1, 0.15) is 20.7 Å². The third-order valence-corrected chi connectivity index (χ3v) is 2.95. The largest absolute Gasteiger partial charge is 0.351 e. The van der Waals surface area contributed by atoms with E-state index in [2.05, 4.69) is 10.3 Å². The number of fused-ring (bicyclic) bond motifs is 1. The summed E-state index contributed by atoms with van der Waals surface area (Å²) in [6.07, 6.45) is 2.38. The molecular formula is C15H17N3O2. The minimum absolute atomic E-state index is 0.209. The number of aldehydes is 1. The van der Waals surface area contributed by atoms with E-state index in [9.17, 15) is 9.59 Å². The van der Waals surface area contributed by atoms with E-state index < -0.39 is 0 Å². The van der Waals surface area contributed by atoms with Crippen molar-refractivity contribution >= 4 is 23.1 Å². The lowest BCUT2D eigenvalue weighted by atomic mass is 10.1. The zero-order chi connectivity index (χ0) is 14.5. The van der Waals surface area contributed by atoms with Crippen molar-refractivity contribution in [3.63, 3.8) is 0 Å². The normalized spacial score (nSPS) is 10.8. The van der Waals surface area contributed by atoms with Gasteiger partial charge in [0.1, 0.15) is 6.29 Å². The number of carbonyl (C=O) groups is 2. The summed E-state index contributed by atoms with van der Waals surface area (Å²) in [7, 11) is 3.88. The Morgan fingerprint density at radius 3 is 2.90 bits per heavy atom. The molecule has 0 saturated carbocycles. The molecule has 0 spiro atoms. The summed E-state index contributed by atoms with van der Waals surface area (Å²) in [4.78, 5) is 29.4. The van der Waals surface area contributed by atoms with Crippen LogP contribution in [0.25, 0.3) is 10.9 Å². The van der Waals surface area contributed by atoms with Crippen LogP contribution in [0.2, 0.25) is 0 Å². The number of hydrogen-bond acceptors (Lipinski definition) is 4. The Morgan fingerprint density at radius 2 is 2.20 bits per heavy atom. The maximum atomic E-state index is 12.2. The van der Waals surface area contributed by atoms with Crippen molar-refractivity contribution in [1.29, 1.82) is 0 Å². The minimum atomic E-state index is -0.209. The number of likely N-dealkylation sites (N-methyl/N-ethyl adjacent to an activating group) is 1. The van der Waals surface area contributed by atoms with Crippen molar-refractivity contribution in [3.05, 3.63) is 41.6 Å². The van der Waals surface area contributed by atoms with Gasteiger partial charge in [0.05, 0.1) is 11.1 Å². The standard InChI is InChI=1S/C15H17N3O2/c1-18(2)7-6-17-15(20)13-9-11(10-19)8-12-4-3-5-16-14(12)13/h3-5,8-10H,6-7H2,1-2H3,(H,17,20). The van der Waals surface area contributed by atoms with Crippen LogP contribution in [-0.2, 0) is 0 Å². The Balaban J connectivity index is 2.32. The number of rotatable bonds is 5. The number of benzene rings is 1. The number of amides is 1. The molecule has 20 heavy (non-hydrogen) atoms.